The van der Waals surface area contributed by atoms with Crippen molar-refractivity contribution in [3.63, 3.8) is 0 Å². The molecule has 1 N–H and O–H groups in total. The minimum absolute atomic E-state index is 0.0497. The molecule has 0 spiro atoms. The molecule has 0 aliphatic carbocycles. The minimum Gasteiger partial charge on any atom is -0.493 e. The second kappa shape index (κ2) is 13.5. The summed E-state index contributed by atoms with van der Waals surface area (Å²) in [5, 5.41) is 10.5. The van der Waals surface area contributed by atoms with Crippen molar-refractivity contribution in [2.24, 2.45) is 11.3 Å². The molecule has 0 saturated carbocycles. The third-order valence-electron chi connectivity index (χ3n) is 7.18. The highest BCUT2D eigenvalue weighted by Gasteiger charge is 2.39. The first kappa shape index (κ1) is 28.5. The van der Waals surface area contributed by atoms with E-state index in [9.17, 15) is 9.90 Å². The van der Waals surface area contributed by atoms with Gasteiger partial charge in [-0.25, -0.2) is 0 Å². The van der Waals surface area contributed by atoms with Crippen molar-refractivity contribution in [1.29, 1.82) is 0 Å². The molecular formula is C30H43ClN2O3. The summed E-state index contributed by atoms with van der Waals surface area (Å²) >= 11 is 6.37. The third-order valence-corrected chi connectivity index (χ3v) is 7.78. The van der Waals surface area contributed by atoms with Crippen molar-refractivity contribution in [2.45, 2.75) is 59.9 Å². The smallest absolute Gasteiger partial charge is 0.223 e. The number of likely N-dealkylation sites (tertiary alicyclic amines) is 1. The quantitative estimate of drug-likeness (QED) is 0.384. The van der Waals surface area contributed by atoms with E-state index < -0.39 is 0 Å². The molecule has 1 atom stereocenters. The number of carbonyl (C=O) groups is 1. The van der Waals surface area contributed by atoms with E-state index in [1.807, 2.05) is 56.3 Å². The fraction of sp³-hybridized carbons (Fsp3) is 0.567. The molecule has 0 bridgehead atoms. The highest BCUT2D eigenvalue weighted by molar-refractivity contribution is 6.32. The van der Waals surface area contributed by atoms with Crippen molar-refractivity contribution in [1.82, 2.24) is 9.80 Å². The molecule has 0 aromatic heterocycles. The second-order valence-electron chi connectivity index (χ2n) is 10.9. The van der Waals surface area contributed by atoms with Crippen LogP contribution in [0.15, 0.2) is 42.5 Å². The Labute approximate surface area is 222 Å². The van der Waals surface area contributed by atoms with Crippen LogP contribution in [-0.4, -0.2) is 60.2 Å². The van der Waals surface area contributed by atoms with E-state index in [0.717, 1.165) is 66.4 Å². The number of aryl methyl sites for hydroxylation is 2. The highest BCUT2D eigenvalue weighted by atomic mass is 35.5. The lowest BCUT2D eigenvalue weighted by atomic mass is 9.77. The molecule has 6 heteroatoms. The topological polar surface area (TPSA) is 53.0 Å². The lowest BCUT2D eigenvalue weighted by molar-refractivity contribution is -0.137. The molecule has 3 rings (SSSR count). The van der Waals surface area contributed by atoms with Crippen LogP contribution in [0.4, 0.5) is 0 Å². The highest BCUT2D eigenvalue weighted by Crippen LogP contribution is 2.36. The zero-order valence-corrected chi connectivity index (χ0v) is 23.2. The maximum absolute atomic E-state index is 13.7. The number of aliphatic hydroxyl groups is 1. The van der Waals surface area contributed by atoms with Gasteiger partial charge in [-0.15, -0.1) is 0 Å². The SMILES string of the molecule is Cc1cc(OCC2(CC(=O)N(CCO)Cc3ccccc3)CCCN(CCC(C)C)C2)cc(C)c1Cl. The van der Waals surface area contributed by atoms with E-state index in [1.165, 1.54) is 0 Å². The van der Waals surface area contributed by atoms with Gasteiger partial charge < -0.3 is 19.6 Å². The monoisotopic (exact) mass is 514 g/mol. The van der Waals surface area contributed by atoms with E-state index >= 15 is 0 Å². The van der Waals surface area contributed by atoms with Crippen LogP contribution < -0.4 is 4.74 Å². The number of benzene rings is 2. The Morgan fingerprint density at radius 1 is 1.19 bits per heavy atom. The molecule has 1 amide bonds. The fourth-order valence-corrected chi connectivity index (χ4v) is 5.24. The Bertz CT molecular complexity index is 958. The van der Waals surface area contributed by atoms with Gasteiger partial charge in [0.15, 0.2) is 0 Å². The van der Waals surface area contributed by atoms with Gasteiger partial charge in [-0.1, -0.05) is 55.8 Å². The Balaban J connectivity index is 1.79. The fourth-order valence-electron chi connectivity index (χ4n) is 5.13. The van der Waals surface area contributed by atoms with Crippen molar-refractivity contribution in [3.8, 4) is 5.75 Å². The zero-order chi connectivity index (χ0) is 26.1. The summed E-state index contributed by atoms with van der Waals surface area (Å²) in [5.41, 5.74) is 2.78. The second-order valence-corrected chi connectivity index (χ2v) is 11.3. The standard InChI is InChI=1S/C30H43ClN2O3/c1-23(2)11-14-32-13-8-12-30(21-32,22-36-27-17-24(3)29(31)25(4)18-27)19-28(35)33(15-16-34)20-26-9-6-5-7-10-26/h5-7,9-10,17-18,23,34H,8,11-16,19-22H2,1-4H3. The van der Waals surface area contributed by atoms with Gasteiger partial charge in [0.2, 0.25) is 5.91 Å². The van der Waals surface area contributed by atoms with Crippen LogP contribution in [0, 0.1) is 25.2 Å². The molecule has 1 saturated heterocycles. The molecular weight excluding hydrogens is 472 g/mol. The largest absolute Gasteiger partial charge is 0.493 e. The summed E-state index contributed by atoms with van der Waals surface area (Å²) in [7, 11) is 0. The summed E-state index contributed by atoms with van der Waals surface area (Å²) in [6.07, 6.45) is 3.54. The number of nitrogens with zero attached hydrogens (tertiary/aromatic N) is 2. The zero-order valence-electron chi connectivity index (χ0n) is 22.4. The van der Waals surface area contributed by atoms with Gasteiger partial charge in [0.1, 0.15) is 5.75 Å². The average molecular weight is 515 g/mol. The molecule has 198 valence electrons. The molecule has 1 aliphatic heterocycles. The van der Waals surface area contributed by atoms with Crippen LogP contribution in [0.5, 0.6) is 5.75 Å². The number of ether oxygens (including phenoxy) is 1. The van der Waals surface area contributed by atoms with E-state index in [0.29, 0.717) is 32.0 Å². The Morgan fingerprint density at radius 3 is 2.53 bits per heavy atom. The van der Waals surface area contributed by atoms with E-state index in [2.05, 4.69) is 18.7 Å². The summed E-state index contributed by atoms with van der Waals surface area (Å²) in [6, 6.07) is 14.0. The molecule has 5 nitrogen and oxygen atoms in total. The number of piperidine rings is 1. The number of aliphatic hydroxyl groups excluding tert-OH is 1. The lowest BCUT2D eigenvalue weighted by Gasteiger charge is -2.43. The van der Waals surface area contributed by atoms with Gasteiger partial charge in [-0.05, 0) is 80.9 Å². The van der Waals surface area contributed by atoms with E-state index in [4.69, 9.17) is 16.3 Å². The van der Waals surface area contributed by atoms with Gasteiger partial charge in [0.05, 0.1) is 13.2 Å². The van der Waals surface area contributed by atoms with Gasteiger partial charge >= 0.3 is 0 Å². The first-order valence-corrected chi connectivity index (χ1v) is 13.6. The Morgan fingerprint density at radius 2 is 1.89 bits per heavy atom. The van der Waals surface area contributed by atoms with Crippen LogP contribution in [0.3, 0.4) is 0 Å². The molecule has 2 aromatic carbocycles. The van der Waals surface area contributed by atoms with E-state index in [-0.39, 0.29) is 17.9 Å². The predicted octanol–water partition coefficient (Wildman–Crippen LogP) is 5.88. The average Bonchev–Trinajstić information content (AvgIpc) is 2.85. The number of hydrogen-bond donors (Lipinski definition) is 1. The van der Waals surface area contributed by atoms with Gasteiger partial charge in [-0.2, -0.15) is 0 Å². The molecule has 1 aliphatic rings. The first-order valence-electron chi connectivity index (χ1n) is 13.3. The number of amides is 1. The summed E-state index contributed by atoms with van der Waals surface area (Å²) in [5.74, 6) is 1.52. The van der Waals surface area contributed by atoms with Crippen molar-refractivity contribution in [2.75, 3.05) is 39.4 Å². The number of hydrogen-bond acceptors (Lipinski definition) is 4. The van der Waals surface area contributed by atoms with Crippen LogP contribution in [0.2, 0.25) is 5.02 Å². The Hall–Kier alpha value is -2.08. The molecule has 2 aromatic rings. The van der Waals surface area contributed by atoms with Gasteiger partial charge in [0, 0.05) is 36.5 Å². The number of carbonyl (C=O) groups excluding carboxylic acids is 1. The van der Waals surface area contributed by atoms with Crippen LogP contribution in [0.25, 0.3) is 0 Å². The maximum Gasteiger partial charge on any atom is 0.223 e. The normalized spacial score (nSPS) is 18.4. The van der Waals surface area contributed by atoms with Crippen molar-refractivity contribution < 1.29 is 14.6 Å². The van der Waals surface area contributed by atoms with Gasteiger partial charge in [0.25, 0.3) is 0 Å². The van der Waals surface area contributed by atoms with Crippen LogP contribution >= 0.6 is 11.6 Å². The molecule has 0 radical (unpaired) electrons. The number of halogens is 1. The van der Waals surface area contributed by atoms with E-state index in [1.54, 1.807) is 4.90 Å². The Kier molecular flexibility index (Phi) is 10.7. The molecule has 1 heterocycles. The number of rotatable bonds is 12. The summed E-state index contributed by atoms with van der Waals surface area (Å²) in [6.45, 7) is 12.7. The van der Waals surface area contributed by atoms with Crippen molar-refractivity contribution in [3.05, 3.63) is 64.2 Å². The summed E-state index contributed by atoms with van der Waals surface area (Å²) < 4.78 is 6.39. The first-order chi connectivity index (χ1) is 17.2. The predicted molar refractivity (Wildman–Crippen MR) is 148 cm³/mol. The van der Waals surface area contributed by atoms with Crippen LogP contribution in [-0.2, 0) is 11.3 Å². The lowest BCUT2D eigenvalue weighted by Crippen LogP contribution is -2.49. The minimum atomic E-state index is -0.280. The molecule has 1 unspecified atom stereocenters. The van der Waals surface area contributed by atoms with Crippen LogP contribution in [0.1, 0.15) is 56.2 Å². The maximum atomic E-state index is 13.7. The van der Waals surface area contributed by atoms with Gasteiger partial charge in [-0.3, -0.25) is 4.79 Å². The van der Waals surface area contributed by atoms with Crippen molar-refractivity contribution >= 4 is 17.5 Å². The molecule has 36 heavy (non-hydrogen) atoms. The summed E-state index contributed by atoms with van der Waals surface area (Å²) in [4.78, 5) is 18.0. The third kappa shape index (κ3) is 8.22. The molecule has 1 fully saturated rings.